The van der Waals surface area contributed by atoms with E-state index in [1.54, 1.807) is 17.8 Å². The molecule has 0 aromatic carbocycles. The number of fused-ring (bicyclic) bond motifs is 1. The number of anilines is 1. The largest absolute Gasteiger partial charge is 0.379 e. The lowest BCUT2D eigenvalue weighted by atomic mass is 9.90. The maximum absolute atomic E-state index is 12.9. The summed E-state index contributed by atoms with van der Waals surface area (Å²) in [6.45, 7) is 4.68. The van der Waals surface area contributed by atoms with Gasteiger partial charge in [-0.05, 0) is 25.3 Å². The van der Waals surface area contributed by atoms with Crippen LogP contribution in [0.4, 0.5) is 5.82 Å². The lowest BCUT2D eigenvalue weighted by Crippen LogP contribution is -2.46. The molecule has 0 bridgehead atoms. The van der Waals surface area contributed by atoms with Crippen molar-refractivity contribution in [1.29, 1.82) is 0 Å². The third-order valence-electron chi connectivity index (χ3n) is 8.22. The number of rotatable bonds is 7. The van der Waals surface area contributed by atoms with Crippen LogP contribution < -0.4 is 5.32 Å². The Morgan fingerprint density at radius 1 is 1.12 bits per heavy atom. The molecule has 0 radical (unpaired) electrons. The third kappa shape index (κ3) is 5.16. The number of likely N-dealkylation sites (tertiary alicyclic amines) is 1. The third-order valence-corrected chi connectivity index (χ3v) is 8.22. The van der Waals surface area contributed by atoms with Crippen molar-refractivity contribution < 1.29 is 14.3 Å². The molecule has 3 aliphatic rings. The molecule has 2 aliphatic heterocycles. The fourth-order valence-electron chi connectivity index (χ4n) is 5.93. The zero-order valence-electron chi connectivity index (χ0n) is 22.8. The Kier molecular flexibility index (Phi) is 7.70. The number of nitrogens with one attached hydrogen (secondary N) is 1. The van der Waals surface area contributed by atoms with E-state index in [2.05, 4.69) is 51.8 Å². The fourth-order valence-corrected chi connectivity index (χ4v) is 5.93. The molecule has 1 amide bonds. The first kappa shape index (κ1) is 26.3. The molecule has 0 spiro atoms. The van der Waals surface area contributed by atoms with Gasteiger partial charge in [-0.3, -0.25) is 19.5 Å². The van der Waals surface area contributed by atoms with E-state index >= 15 is 0 Å². The normalized spacial score (nSPS) is 20.2. The number of aromatic nitrogens is 4. The van der Waals surface area contributed by atoms with E-state index in [4.69, 9.17) is 14.7 Å². The molecule has 1 aliphatic carbocycles. The lowest BCUT2D eigenvalue weighted by Gasteiger charge is -2.34. The number of nitrogens with zero attached hydrogens (tertiary/aromatic N) is 6. The number of piperidine rings is 1. The van der Waals surface area contributed by atoms with Crippen LogP contribution in [0.5, 0.6) is 0 Å². The standard InChI is InChI=1S/C30H35N7O3/c1-31-29-25(20-38)28(22-9-11-36(12-10-22)27(39)19-35-13-15-40-16-14-35)34-30-24(18-33-37(29)30)23-7-8-26(32-17-23)21-5-3-2-4-6-21/h2-5,7-8,17-18,20-22,31H,6,9-16,19H2,1H3. The molecule has 2 fully saturated rings. The Labute approximate surface area is 233 Å². The van der Waals surface area contributed by atoms with Gasteiger partial charge in [0.25, 0.3) is 0 Å². The first-order valence-corrected chi connectivity index (χ1v) is 14.1. The number of hydrogen-bond donors (Lipinski definition) is 1. The summed E-state index contributed by atoms with van der Waals surface area (Å²) in [7, 11) is 1.79. The number of allylic oxidation sites excluding steroid dienone is 4. The summed E-state index contributed by atoms with van der Waals surface area (Å²) in [5.41, 5.74) is 4.80. The summed E-state index contributed by atoms with van der Waals surface area (Å²) in [5.74, 6) is 1.13. The predicted molar refractivity (Wildman–Crippen MR) is 153 cm³/mol. The predicted octanol–water partition coefficient (Wildman–Crippen LogP) is 3.28. The van der Waals surface area contributed by atoms with E-state index in [-0.39, 0.29) is 17.7 Å². The van der Waals surface area contributed by atoms with Gasteiger partial charge in [-0.2, -0.15) is 9.61 Å². The summed E-state index contributed by atoms with van der Waals surface area (Å²) in [6, 6.07) is 4.13. The van der Waals surface area contributed by atoms with Gasteiger partial charge < -0.3 is 15.0 Å². The zero-order chi connectivity index (χ0) is 27.5. The highest BCUT2D eigenvalue weighted by atomic mass is 16.5. The van der Waals surface area contributed by atoms with E-state index in [1.165, 1.54) is 0 Å². The molecule has 208 valence electrons. The van der Waals surface area contributed by atoms with Gasteiger partial charge in [-0.1, -0.05) is 30.4 Å². The van der Waals surface area contributed by atoms with Crippen molar-refractivity contribution in [3.05, 3.63) is 65.8 Å². The van der Waals surface area contributed by atoms with E-state index in [9.17, 15) is 9.59 Å². The molecule has 2 saturated heterocycles. The smallest absolute Gasteiger partial charge is 0.236 e. The summed E-state index contributed by atoms with van der Waals surface area (Å²) < 4.78 is 7.10. The molecule has 0 saturated carbocycles. The summed E-state index contributed by atoms with van der Waals surface area (Å²) in [4.78, 5) is 39.2. The zero-order valence-corrected chi connectivity index (χ0v) is 22.8. The molecule has 1 N–H and O–H groups in total. The second kappa shape index (κ2) is 11.7. The maximum atomic E-state index is 12.9. The van der Waals surface area contributed by atoms with Gasteiger partial charge >= 0.3 is 0 Å². The van der Waals surface area contributed by atoms with E-state index in [0.717, 1.165) is 61.2 Å². The highest BCUT2D eigenvalue weighted by Crippen LogP contribution is 2.35. The molecule has 5 heterocycles. The Hall–Kier alpha value is -3.89. The van der Waals surface area contributed by atoms with Gasteiger partial charge in [0.15, 0.2) is 11.9 Å². The van der Waals surface area contributed by atoms with Crippen molar-refractivity contribution in [2.24, 2.45) is 0 Å². The topological polar surface area (TPSA) is 105 Å². The molecule has 1 atom stereocenters. The lowest BCUT2D eigenvalue weighted by molar-refractivity contribution is -0.134. The SMILES string of the molecule is CNc1c(C=O)c(C2CCN(C(=O)CN3CCOCC3)CC2)nc2c(-c3ccc(C4C=CC=CC4)nc3)cnn12. The highest BCUT2D eigenvalue weighted by molar-refractivity contribution is 5.88. The van der Waals surface area contributed by atoms with Crippen molar-refractivity contribution in [3.8, 4) is 11.1 Å². The Bertz CT molecular complexity index is 1430. The van der Waals surface area contributed by atoms with Gasteiger partial charge in [0.05, 0.1) is 37.2 Å². The monoisotopic (exact) mass is 541 g/mol. The van der Waals surface area contributed by atoms with Crippen molar-refractivity contribution >= 4 is 23.7 Å². The number of carbonyl (C=O) groups excluding carboxylic acids is 2. The van der Waals surface area contributed by atoms with Crippen molar-refractivity contribution in [3.63, 3.8) is 0 Å². The van der Waals surface area contributed by atoms with Crippen LogP contribution in [0.2, 0.25) is 0 Å². The number of amides is 1. The summed E-state index contributed by atoms with van der Waals surface area (Å²) in [6.07, 6.45) is 15.4. The van der Waals surface area contributed by atoms with Gasteiger partial charge in [0.2, 0.25) is 5.91 Å². The molecule has 1 unspecified atom stereocenters. The molecule has 10 heteroatoms. The van der Waals surface area contributed by atoms with Crippen molar-refractivity contribution in [1.82, 2.24) is 29.4 Å². The Morgan fingerprint density at radius 2 is 1.95 bits per heavy atom. The summed E-state index contributed by atoms with van der Waals surface area (Å²) in [5, 5.41) is 7.76. The van der Waals surface area contributed by atoms with Gasteiger partial charge in [0, 0.05) is 68.1 Å². The minimum atomic E-state index is 0.0686. The number of pyridine rings is 1. The van der Waals surface area contributed by atoms with Crippen LogP contribution in [-0.4, -0.2) is 94.6 Å². The number of hydrogen-bond acceptors (Lipinski definition) is 8. The Balaban J connectivity index is 1.25. The van der Waals surface area contributed by atoms with E-state index in [1.807, 2.05) is 11.1 Å². The number of ether oxygens (including phenoxy) is 1. The van der Waals surface area contributed by atoms with Crippen LogP contribution in [0, 0.1) is 0 Å². The van der Waals surface area contributed by atoms with Crippen molar-refractivity contribution in [2.45, 2.75) is 31.1 Å². The fraction of sp³-hybridized carbons (Fsp3) is 0.433. The number of morpholine rings is 1. The first-order chi connectivity index (χ1) is 19.7. The minimum absolute atomic E-state index is 0.0686. The minimum Gasteiger partial charge on any atom is -0.379 e. The quantitative estimate of drug-likeness (QED) is 0.455. The number of aldehydes is 1. The first-order valence-electron chi connectivity index (χ1n) is 14.1. The van der Waals surface area contributed by atoms with Crippen LogP contribution in [0.1, 0.15) is 52.8 Å². The molecular formula is C30H35N7O3. The highest BCUT2D eigenvalue weighted by Gasteiger charge is 2.30. The second-order valence-electron chi connectivity index (χ2n) is 10.6. The molecule has 10 nitrogen and oxygen atoms in total. The van der Waals surface area contributed by atoms with Gasteiger partial charge in [-0.15, -0.1) is 0 Å². The van der Waals surface area contributed by atoms with Crippen LogP contribution in [0.15, 0.2) is 48.8 Å². The van der Waals surface area contributed by atoms with Gasteiger partial charge in [0.1, 0.15) is 5.82 Å². The van der Waals surface area contributed by atoms with Crippen molar-refractivity contribution in [2.75, 3.05) is 58.3 Å². The van der Waals surface area contributed by atoms with Crippen LogP contribution in [0.25, 0.3) is 16.8 Å². The second-order valence-corrected chi connectivity index (χ2v) is 10.6. The Morgan fingerprint density at radius 3 is 2.62 bits per heavy atom. The number of carbonyl (C=O) groups is 2. The summed E-state index contributed by atoms with van der Waals surface area (Å²) >= 11 is 0. The average molecular weight is 542 g/mol. The van der Waals surface area contributed by atoms with Crippen LogP contribution >= 0.6 is 0 Å². The van der Waals surface area contributed by atoms with Crippen LogP contribution in [0.3, 0.4) is 0 Å². The van der Waals surface area contributed by atoms with E-state index in [0.29, 0.717) is 49.9 Å². The molecule has 3 aromatic heterocycles. The molecule has 40 heavy (non-hydrogen) atoms. The molecule has 3 aromatic rings. The molecule has 6 rings (SSSR count). The van der Waals surface area contributed by atoms with Gasteiger partial charge in [-0.25, -0.2) is 4.98 Å². The van der Waals surface area contributed by atoms with E-state index < -0.39 is 0 Å². The molecular weight excluding hydrogens is 506 g/mol. The maximum Gasteiger partial charge on any atom is 0.236 e. The van der Waals surface area contributed by atoms with Crippen LogP contribution in [-0.2, 0) is 9.53 Å². The average Bonchev–Trinajstić information content (AvgIpc) is 3.45.